The number of hydrogen-bond donors (Lipinski definition) is 0. The molecule has 258 valence electrons. The van der Waals surface area contributed by atoms with Crippen molar-refractivity contribution < 1.29 is 0 Å². The lowest BCUT2D eigenvalue weighted by atomic mass is 9.93. The van der Waals surface area contributed by atoms with Crippen LogP contribution in [0.25, 0.3) is 98.8 Å². The number of thiophene rings is 1. The summed E-state index contributed by atoms with van der Waals surface area (Å²) in [6, 6.07) is 63.7. The van der Waals surface area contributed by atoms with Gasteiger partial charge in [-0.2, -0.15) is 0 Å². The third-order valence-electron chi connectivity index (χ3n) is 9.95. The first-order valence-electron chi connectivity index (χ1n) is 18.3. The van der Waals surface area contributed by atoms with Gasteiger partial charge in [0.1, 0.15) is 0 Å². The Balaban J connectivity index is 1.19. The van der Waals surface area contributed by atoms with E-state index in [2.05, 4.69) is 127 Å². The zero-order chi connectivity index (χ0) is 36.6. The fourth-order valence-corrected chi connectivity index (χ4v) is 8.33. The highest BCUT2D eigenvalue weighted by Crippen LogP contribution is 2.40. The van der Waals surface area contributed by atoms with Crippen LogP contribution in [-0.2, 0) is 0 Å². The summed E-state index contributed by atoms with van der Waals surface area (Å²) >= 11 is 1.84. The van der Waals surface area contributed by atoms with Gasteiger partial charge in [-0.05, 0) is 107 Å². The first-order chi connectivity index (χ1) is 27.2. The quantitative estimate of drug-likeness (QED) is 0.164. The molecule has 0 aliphatic rings. The van der Waals surface area contributed by atoms with Crippen LogP contribution in [0.2, 0.25) is 0 Å². The smallest absolute Gasteiger partial charge is 0.160 e. The molecule has 0 saturated heterocycles. The number of pyridine rings is 2. The van der Waals surface area contributed by atoms with E-state index >= 15 is 0 Å². The first-order valence-corrected chi connectivity index (χ1v) is 19.1. The average Bonchev–Trinajstić information content (AvgIpc) is 3.65. The largest absolute Gasteiger partial charge is 0.256 e. The van der Waals surface area contributed by atoms with E-state index in [0.29, 0.717) is 5.82 Å². The van der Waals surface area contributed by atoms with Crippen molar-refractivity contribution in [2.75, 3.05) is 0 Å². The van der Waals surface area contributed by atoms with Crippen LogP contribution in [0.3, 0.4) is 0 Å². The summed E-state index contributed by atoms with van der Waals surface area (Å²) in [5.74, 6) is 0.661. The van der Waals surface area contributed by atoms with Crippen LogP contribution in [0.4, 0.5) is 0 Å². The van der Waals surface area contributed by atoms with E-state index in [1.165, 1.54) is 20.2 Å². The summed E-state index contributed by atoms with van der Waals surface area (Å²) in [6.45, 7) is 0. The summed E-state index contributed by atoms with van der Waals surface area (Å²) < 4.78 is 2.59. The zero-order valence-corrected chi connectivity index (χ0v) is 30.5. The summed E-state index contributed by atoms with van der Waals surface area (Å²) in [5, 5.41) is 2.56. The molecule has 0 bridgehead atoms. The molecule has 4 heterocycles. The first kappa shape index (κ1) is 32.6. The monoisotopic (exact) mass is 720 g/mol. The van der Waals surface area contributed by atoms with Gasteiger partial charge in [-0.3, -0.25) is 9.97 Å². The van der Waals surface area contributed by atoms with Crippen LogP contribution in [0.5, 0.6) is 0 Å². The predicted molar refractivity (Wildman–Crippen MR) is 229 cm³/mol. The van der Waals surface area contributed by atoms with Crippen LogP contribution >= 0.6 is 11.3 Å². The molecule has 55 heavy (non-hydrogen) atoms. The van der Waals surface area contributed by atoms with Gasteiger partial charge >= 0.3 is 0 Å². The van der Waals surface area contributed by atoms with Crippen LogP contribution in [0.1, 0.15) is 0 Å². The van der Waals surface area contributed by atoms with Crippen molar-refractivity contribution >= 4 is 31.5 Å². The molecule has 0 atom stereocenters. The van der Waals surface area contributed by atoms with Crippen LogP contribution < -0.4 is 0 Å². The Morgan fingerprint density at radius 3 is 1.40 bits per heavy atom. The van der Waals surface area contributed by atoms with E-state index in [1.807, 2.05) is 78.3 Å². The number of hydrogen-bond acceptors (Lipinski definition) is 5. The summed E-state index contributed by atoms with van der Waals surface area (Å²) in [7, 11) is 0. The van der Waals surface area contributed by atoms with Crippen molar-refractivity contribution in [3.63, 3.8) is 0 Å². The molecule has 0 saturated carbocycles. The second kappa shape index (κ2) is 14.0. The highest BCUT2D eigenvalue weighted by atomic mass is 32.1. The Labute approximate surface area is 323 Å². The van der Waals surface area contributed by atoms with Crippen molar-refractivity contribution in [1.82, 2.24) is 19.9 Å². The molecule has 0 spiro atoms. The molecule has 0 aliphatic heterocycles. The molecule has 4 aromatic heterocycles. The summed E-state index contributed by atoms with van der Waals surface area (Å²) in [5.41, 5.74) is 12.9. The molecule has 5 heteroatoms. The van der Waals surface area contributed by atoms with Gasteiger partial charge in [0.15, 0.2) is 5.82 Å². The van der Waals surface area contributed by atoms with Crippen molar-refractivity contribution in [2.45, 2.75) is 0 Å². The third kappa shape index (κ3) is 6.48. The van der Waals surface area contributed by atoms with Crippen molar-refractivity contribution in [2.24, 2.45) is 0 Å². The summed E-state index contributed by atoms with van der Waals surface area (Å²) in [4.78, 5) is 19.9. The maximum Gasteiger partial charge on any atom is 0.160 e. The lowest BCUT2D eigenvalue weighted by molar-refractivity contribution is 1.18. The second-order valence-electron chi connectivity index (χ2n) is 13.5. The molecule has 10 rings (SSSR count). The maximum absolute atomic E-state index is 5.28. The molecule has 0 amide bonds. The fourth-order valence-electron chi connectivity index (χ4n) is 7.24. The zero-order valence-electron chi connectivity index (χ0n) is 29.7. The normalized spacial score (nSPS) is 11.3. The van der Waals surface area contributed by atoms with Crippen LogP contribution in [-0.4, -0.2) is 19.9 Å². The van der Waals surface area contributed by atoms with Gasteiger partial charge in [0.05, 0.1) is 22.8 Å². The van der Waals surface area contributed by atoms with Crippen molar-refractivity contribution in [1.29, 1.82) is 0 Å². The fraction of sp³-hybridized carbons (Fsp3) is 0. The number of aromatic nitrogens is 4. The molecular weight excluding hydrogens is 689 g/mol. The second-order valence-corrected chi connectivity index (χ2v) is 14.6. The third-order valence-corrected chi connectivity index (χ3v) is 11.1. The van der Waals surface area contributed by atoms with E-state index in [-0.39, 0.29) is 0 Å². The predicted octanol–water partition coefficient (Wildman–Crippen LogP) is 13.3. The molecule has 4 nitrogen and oxygen atoms in total. The number of benzene rings is 6. The lowest BCUT2D eigenvalue weighted by Crippen LogP contribution is -1.97. The Bertz CT molecular complexity index is 2900. The van der Waals surface area contributed by atoms with Gasteiger partial charge in [0, 0.05) is 60.4 Å². The minimum atomic E-state index is 0.661. The number of nitrogens with zero attached hydrogens (tertiary/aromatic N) is 4. The van der Waals surface area contributed by atoms with Gasteiger partial charge in [-0.1, -0.05) is 97.1 Å². The molecular formula is C50H32N4S. The van der Waals surface area contributed by atoms with E-state index in [0.717, 1.165) is 72.8 Å². The maximum atomic E-state index is 5.28. The SMILES string of the molecule is c1ccc(-c2cc(-c3ccc4sc5ccccc5c4c3)cc(-c3cc(-c4cc(-c5ccccn5)cc(-c5ccccn5)c4)nc(-c4ccccc4)n3)c2)cc1. The molecule has 0 N–H and O–H groups in total. The number of fused-ring (bicyclic) bond motifs is 3. The van der Waals surface area contributed by atoms with E-state index in [1.54, 1.807) is 0 Å². The van der Waals surface area contributed by atoms with E-state index in [4.69, 9.17) is 19.9 Å². The lowest BCUT2D eigenvalue weighted by Gasteiger charge is -2.14. The van der Waals surface area contributed by atoms with Crippen LogP contribution in [0.15, 0.2) is 194 Å². The van der Waals surface area contributed by atoms with E-state index in [9.17, 15) is 0 Å². The van der Waals surface area contributed by atoms with Gasteiger partial charge in [-0.25, -0.2) is 9.97 Å². The Morgan fingerprint density at radius 2 is 0.782 bits per heavy atom. The van der Waals surface area contributed by atoms with Gasteiger partial charge < -0.3 is 0 Å². The van der Waals surface area contributed by atoms with E-state index < -0.39 is 0 Å². The van der Waals surface area contributed by atoms with Gasteiger partial charge in [0.25, 0.3) is 0 Å². The molecule has 0 unspecified atom stereocenters. The highest BCUT2D eigenvalue weighted by Gasteiger charge is 2.16. The minimum absolute atomic E-state index is 0.661. The minimum Gasteiger partial charge on any atom is -0.256 e. The molecule has 6 aromatic carbocycles. The Kier molecular flexibility index (Phi) is 8.32. The standard InChI is InChI=1S/C50H32N4S/c1-3-13-33(14-4-1)36-25-37(35-21-22-49-43(31-35)42-17-7-8-20-48(42)55-49)27-40(26-36)46-32-47(54-50(53-46)34-15-5-2-6-16-34)41-29-38(44-18-9-11-23-51-44)28-39(30-41)45-19-10-12-24-52-45/h1-32H. The summed E-state index contributed by atoms with van der Waals surface area (Å²) in [6.07, 6.45) is 3.66. The Morgan fingerprint density at radius 1 is 0.291 bits per heavy atom. The average molecular weight is 721 g/mol. The van der Waals surface area contributed by atoms with Gasteiger partial charge in [-0.15, -0.1) is 11.3 Å². The molecule has 0 aliphatic carbocycles. The Hall–Kier alpha value is -7.08. The van der Waals surface area contributed by atoms with Crippen molar-refractivity contribution in [3.05, 3.63) is 194 Å². The number of rotatable bonds is 7. The van der Waals surface area contributed by atoms with Crippen LogP contribution in [0, 0.1) is 0 Å². The molecule has 0 fully saturated rings. The van der Waals surface area contributed by atoms with Crippen molar-refractivity contribution in [3.8, 4) is 78.7 Å². The topological polar surface area (TPSA) is 51.6 Å². The van der Waals surface area contributed by atoms with Gasteiger partial charge in [0.2, 0.25) is 0 Å². The highest BCUT2D eigenvalue weighted by molar-refractivity contribution is 7.25. The molecule has 0 radical (unpaired) electrons. The molecule has 10 aromatic rings.